The topological polar surface area (TPSA) is 48.1 Å². The molecule has 2 aromatic carbocycles. The number of aromatic nitrogens is 1. The molecule has 0 radical (unpaired) electrons. The lowest BCUT2D eigenvalue weighted by Gasteiger charge is -2.21. The first-order valence-electron chi connectivity index (χ1n) is 9.21. The summed E-state index contributed by atoms with van der Waals surface area (Å²) in [5.74, 6) is 0.892. The van der Waals surface area contributed by atoms with Crippen LogP contribution in [0.4, 0.5) is 0 Å². The Morgan fingerprint density at radius 1 is 1.08 bits per heavy atom. The highest BCUT2D eigenvalue weighted by molar-refractivity contribution is 5.71. The second kappa shape index (κ2) is 7.30. The SMILES string of the molecule is COc1cc(Cc2ccc3c(n2)C(N)CCC3)ccc1-c1ccccc1. The second-order valence-electron chi connectivity index (χ2n) is 6.92. The Labute approximate surface area is 154 Å². The van der Waals surface area contributed by atoms with E-state index in [4.69, 9.17) is 15.5 Å². The molecule has 0 saturated carbocycles. The minimum atomic E-state index is 0.0775. The number of rotatable bonds is 4. The predicted octanol–water partition coefficient (Wildman–Crippen LogP) is 4.68. The molecular weight excluding hydrogens is 320 g/mol. The van der Waals surface area contributed by atoms with Gasteiger partial charge in [-0.1, -0.05) is 48.5 Å². The van der Waals surface area contributed by atoms with E-state index in [1.165, 1.54) is 11.1 Å². The number of nitrogens with zero attached hydrogens (tertiary/aromatic N) is 1. The largest absolute Gasteiger partial charge is 0.496 e. The van der Waals surface area contributed by atoms with Gasteiger partial charge in [-0.15, -0.1) is 0 Å². The van der Waals surface area contributed by atoms with Crippen molar-refractivity contribution in [3.63, 3.8) is 0 Å². The highest BCUT2D eigenvalue weighted by Gasteiger charge is 2.18. The molecule has 0 fully saturated rings. The molecule has 3 nitrogen and oxygen atoms in total. The van der Waals surface area contributed by atoms with Crippen molar-refractivity contribution in [1.29, 1.82) is 0 Å². The summed E-state index contributed by atoms with van der Waals surface area (Å²) >= 11 is 0. The highest BCUT2D eigenvalue weighted by Crippen LogP contribution is 2.32. The van der Waals surface area contributed by atoms with E-state index in [1.54, 1.807) is 7.11 Å². The van der Waals surface area contributed by atoms with Crippen LogP contribution >= 0.6 is 0 Å². The van der Waals surface area contributed by atoms with Crippen LogP contribution in [0.1, 0.15) is 41.4 Å². The van der Waals surface area contributed by atoms with Gasteiger partial charge in [0.1, 0.15) is 5.75 Å². The third-order valence-corrected chi connectivity index (χ3v) is 5.12. The molecule has 0 spiro atoms. The van der Waals surface area contributed by atoms with Gasteiger partial charge in [-0.2, -0.15) is 0 Å². The van der Waals surface area contributed by atoms with Crippen LogP contribution in [0.5, 0.6) is 5.75 Å². The molecule has 1 atom stereocenters. The van der Waals surface area contributed by atoms with E-state index in [0.29, 0.717) is 0 Å². The summed E-state index contributed by atoms with van der Waals surface area (Å²) < 4.78 is 5.65. The monoisotopic (exact) mass is 344 g/mol. The molecule has 0 amide bonds. The van der Waals surface area contributed by atoms with E-state index in [-0.39, 0.29) is 6.04 Å². The molecule has 4 rings (SSSR count). The molecule has 1 unspecified atom stereocenters. The number of nitrogens with two attached hydrogens (primary N) is 1. The predicted molar refractivity (Wildman–Crippen MR) is 105 cm³/mol. The Morgan fingerprint density at radius 2 is 1.92 bits per heavy atom. The molecule has 1 aromatic heterocycles. The van der Waals surface area contributed by atoms with Gasteiger partial charge in [-0.05, 0) is 48.1 Å². The number of benzene rings is 2. The lowest BCUT2D eigenvalue weighted by atomic mass is 9.92. The number of pyridine rings is 1. The van der Waals surface area contributed by atoms with Crippen LogP contribution in [-0.2, 0) is 12.8 Å². The van der Waals surface area contributed by atoms with E-state index in [9.17, 15) is 0 Å². The zero-order valence-electron chi connectivity index (χ0n) is 15.1. The quantitative estimate of drug-likeness (QED) is 0.747. The molecule has 2 N–H and O–H groups in total. The Morgan fingerprint density at radius 3 is 2.73 bits per heavy atom. The zero-order chi connectivity index (χ0) is 17.9. The van der Waals surface area contributed by atoms with E-state index >= 15 is 0 Å². The molecule has 1 aliphatic carbocycles. The number of hydrogen-bond acceptors (Lipinski definition) is 3. The van der Waals surface area contributed by atoms with Crippen LogP contribution in [0.15, 0.2) is 60.7 Å². The van der Waals surface area contributed by atoms with Crippen molar-refractivity contribution >= 4 is 0 Å². The molecule has 0 saturated heterocycles. The van der Waals surface area contributed by atoms with Crippen LogP contribution < -0.4 is 10.5 Å². The molecule has 3 aromatic rings. The van der Waals surface area contributed by atoms with Gasteiger partial charge in [-0.25, -0.2) is 0 Å². The number of aryl methyl sites for hydroxylation is 1. The molecule has 3 heteroatoms. The van der Waals surface area contributed by atoms with Gasteiger partial charge in [0.05, 0.1) is 12.8 Å². The molecule has 26 heavy (non-hydrogen) atoms. The summed E-state index contributed by atoms with van der Waals surface area (Å²) in [6.07, 6.45) is 4.07. The number of ether oxygens (including phenoxy) is 1. The summed E-state index contributed by atoms with van der Waals surface area (Å²) in [4.78, 5) is 4.86. The maximum Gasteiger partial charge on any atom is 0.126 e. The van der Waals surface area contributed by atoms with Crippen LogP contribution in [0.25, 0.3) is 11.1 Å². The number of hydrogen-bond donors (Lipinski definition) is 1. The Balaban J connectivity index is 1.62. The fraction of sp³-hybridized carbons (Fsp3) is 0.261. The average Bonchev–Trinajstić information content (AvgIpc) is 2.69. The van der Waals surface area contributed by atoms with Crippen molar-refractivity contribution in [2.45, 2.75) is 31.7 Å². The van der Waals surface area contributed by atoms with Crippen LogP contribution in [0.3, 0.4) is 0 Å². The van der Waals surface area contributed by atoms with E-state index < -0.39 is 0 Å². The van der Waals surface area contributed by atoms with Crippen molar-refractivity contribution in [1.82, 2.24) is 4.98 Å². The fourth-order valence-corrected chi connectivity index (χ4v) is 3.74. The van der Waals surface area contributed by atoms with Crippen LogP contribution in [0, 0.1) is 0 Å². The fourth-order valence-electron chi connectivity index (χ4n) is 3.74. The lowest BCUT2D eigenvalue weighted by molar-refractivity contribution is 0.416. The maximum atomic E-state index is 6.26. The van der Waals surface area contributed by atoms with Gasteiger partial charge in [0.2, 0.25) is 0 Å². The second-order valence-corrected chi connectivity index (χ2v) is 6.92. The van der Waals surface area contributed by atoms with E-state index in [0.717, 1.165) is 53.9 Å². The molecule has 0 aliphatic heterocycles. The van der Waals surface area contributed by atoms with Crippen molar-refractivity contribution in [3.05, 3.63) is 83.2 Å². The van der Waals surface area contributed by atoms with Gasteiger partial charge >= 0.3 is 0 Å². The summed E-state index contributed by atoms with van der Waals surface area (Å²) in [6, 6.07) is 21.1. The maximum absolute atomic E-state index is 6.26. The molecule has 1 heterocycles. The molecule has 0 bridgehead atoms. The first-order valence-corrected chi connectivity index (χ1v) is 9.21. The Hall–Kier alpha value is -2.65. The van der Waals surface area contributed by atoms with Crippen molar-refractivity contribution < 1.29 is 4.74 Å². The van der Waals surface area contributed by atoms with Gasteiger partial charge in [0.15, 0.2) is 0 Å². The number of fused-ring (bicyclic) bond motifs is 1. The third kappa shape index (κ3) is 3.35. The van der Waals surface area contributed by atoms with Crippen LogP contribution in [-0.4, -0.2) is 12.1 Å². The summed E-state index contributed by atoms with van der Waals surface area (Å²) in [5.41, 5.74) is 13.2. The Bertz CT molecular complexity index is 905. The van der Waals surface area contributed by atoms with Crippen molar-refractivity contribution in [2.75, 3.05) is 7.11 Å². The molecule has 1 aliphatic rings. The van der Waals surface area contributed by atoms with Gasteiger partial charge in [0.25, 0.3) is 0 Å². The lowest BCUT2D eigenvalue weighted by Crippen LogP contribution is -2.19. The van der Waals surface area contributed by atoms with Gasteiger partial charge in [-0.3, -0.25) is 4.98 Å². The first kappa shape index (κ1) is 16.8. The third-order valence-electron chi connectivity index (χ3n) is 5.12. The van der Waals surface area contributed by atoms with Crippen LogP contribution in [0.2, 0.25) is 0 Å². The standard InChI is InChI=1S/C23H24N2O/c1-26-22-15-16(10-13-20(22)17-6-3-2-4-7-17)14-19-12-11-18-8-5-9-21(24)23(18)25-19/h2-4,6-7,10-13,15,21H,5,8-9,14,24H2,1H3. The summed E-state index contributed by atoms with van der Waals surface area (Å²) in [7, 11) is 1.72. The average molecular weight is 344 g/mol. The first-order chi connectivity index (χ1) is 12.7. The molecule has 132 valence electrons. The van der Waals surface area contributed by atoms with Gasteiger partial charge in [0, 0.05) is 23.7 Å². The van der Waals surface area contributed by atoms with E-state index in [1.807, 2.05) is 18.2 Å². The Kier molecular flexibility index (Phi) is 4.72. The highest BCUT2D eigenvalue weighted by atomic mass is 16.5. The normalized spacial score (nSPS) is 16.2. The molecular formula is C23H24N2O. The zero-order valence-corrected chi connectivity index (χ0v) is 15.1. The van der Waals surface area contributed by atoms with Crippen molar-refractivity contribution in [3.8, 4) is 16.9 Å². The minimum Gasteiger partial charge on any atom is -0.496 e. The smallest absolute Gasteiger partial charge is 0.126 e. The van der Waals surface area contributed by atoms with Gasteiger partial charge < -0.3 is 10.5 Å². The summed E-state index contributed by atoms with van der Waals surface area (Å²) in [5, 5.41) is 0. The van der Waals surface area contributed by atoms with Crippen molar-refractivity contribution in [2.24, 2.45) is 5.73 Å². The minimum absolute atomic E-state index is 0.0775. The summed E-state index contributed by atoms with van der Waals surface area (Å²) in [6.45, 7) is 0. The number of methoxy groups -OCH3 is 1. The van der Waals surface area contributed by atoms with E-state index in [2.05, 4.69) is 42.5 Å².